The van der Waals surface area contributed by atoms with Crippen molar-refractivity contribution in [3.63, 3.8) is 0 Å². The Hall–Kier alpha value is -2.54. The van der Waals surface area contributed by atoms with Crippen LogP contribution >= 0.6 is 0 Å². The molecule has 2 atom stereocenters. The van der Waals surface area contributed by atoms with Gasteiger partial charge in [0.2, 0.25) is 11.2 Å². The van der Waals surface area contributed by atoms with E-state index in [-0.39, 0.29) is 0 Å². The predicted molar refractivity (Wildman–Crippen MR) is 71.6 cm³/mol. The summed E-state index contributed by atoms with van der Waals surface area (Å²) >= 11 is 0. The highest BCUT2D eigenvalue weighted by Gasteiger charge is 2.44. The fraction of sp³-hybridized carbons (Fsp3) is 0.500. The number of esters is 4. The summed E-state index contributed by atoms with van der Waals surface area (Å²) in [7, 11) is 0. The lowest BCUT2D eigenvalue weighted by Crippen LogP contribution is -2.50. The van der Waals surface area contributed by atoms with E-state index in [9.17, 15) is 39.0 Å². The summed E-state index contributed by atoms with van der Waals surface area (Å²) in [5.74, 6) is -10.2. The summed E-state index contributed by atoms with van der Waals surface area (Å²) in [5.41, 5.74) is 4.25. The van der Waals surface area contributed by atoms with Gasteiger partial charge in [-0.25, -0.2) is 19.2 Å². The highest BCUT2D eigenvalue weighted by atomic mass is 16.6. The van der Waals surface area contributed by atoms with Crippen LogP contribution in [-0.4, -0.2) is 69.9 Å². The molecule has 0 rings (SSSR count). The van der Waals surface area contributed by atoms with Crippen molar-refractivity contribution in [3.05, 3.63) is 0 Å². The van der Waals surface area contributed by atoms with Crippen LogP contribution in [0.5, 0.6) is 0 Å². The number of hydrogen-bond acceptors (Lipinski definition) is 12. The third kappa shape index (κ3) is 4.73. The zero-order valence-electron chi connectivity index (χ0n) is 12.7. The van der Waals surface area contributed by atoms with Crippen molar-refractivity contribution in [2.45, 2.75) is 25.0 Å². The number of rotatable bonds is 6. The van der Waals surface area contributed by atoms with Crippen molar-refractivity contribution in [3.8, 4) is 0 Å². The van der Waals surface area contributed by atoms with E-state index in [0.29, 0.717) is 13.8 Å². The summed E-state index contributed by atoms with van der Waals surface area (Å²) in [4.78, 5) is 67.9. The molecule has 24 heavy (non-hydrogen) atoms. The van der Waals surface area contributed by atoms with Gasteiger partial charge in [0, 0.05) is 0 Å². The van der Waals surface area contributed by atoms with Crippen LogP contribution in [-0.2, 0) is 38.2 Å². The lowest BCUT2D eigenvalue weighted by Gasteiger charge is -2.19. The van der Waals surface area contributed by atoms with Gasteiger partial charge in [-0.3, -0.25) is 9.59 Å². The van der Waals surface area contributed by atoms with E-state index in [4.69, 9.17) is 11.5 Å². The van der Waals surface area contributed by atoms with Crippen LogP contribution in [0.15, 0.2) is 0 Å². The van der Waals surface area contributed by atoms with Crippen molar-refractivity contribution >= 4 is 35.4 Å². The summed E-state index contributed by atoms with van der Waals surface area (Å²) in [5, 5.41) is 19.0. The molecule has 0 aromatic rings. The van der Waals surface area contributed by atoms with Gasteiger partial charge in [0.25, 0.3) is 0 Å². The number of carbonyl (C=O) groups excluding carboxylic acids is 6. The Kier molecular flexibility index (Phi) is 7.00. The third-order valence-electron chi connectivity index (χ3n) is 2.79. The molecule has 0 aromatic heterocycles. The molecule has 0 saturated carbocycles. The molecular formula is C12H16N2O10. The van der Waals surface area contributed by atoms with Crippen LogP contribution in [0.1, 0.15) is 13.8 Å². The van der Waals surface area contributed by atoms with Gasteiger partial charge in [-0.1, -0.05) is 0 Å². The van der Waals surface area contributed by atoms with Crippen LogP contribution in [0.3, 0.4) is 0 Å². The van der Waals surface area contributed by atoms with Gasteiger partial charge in [-0.05, 0) is 13.8 Å². The van der Waals surface area contributed by atoms with Crippen molar-refractivity contribution in [2.24, 2.45) is 11.5 Å². The van der Waals surface area contributed by atoms with E-state index < -0.39 is 59.7 Å². The molecule has 134 valence electrons. The van der Waals surface area contributed by atoms with Crippen molar-refractivity contribution < 1.29 is 48.5 Å². The number of carbonyl (C=O) groups is 6. The number of aliphatic hydroxyl groups is 2. The van der Waals surface area contributed by atoms with Crippen LogP contribution in [0.4, 0.5) is 0 Å². The Morgan fingerprint density at radius 1 is 0.750 bits per heavy atom. The van der Waals surface area contributed by atoms with Gasteiger partial charge in [0.15, 0.2) is 11.6 Å². The quantitative estimate of drug-likeness (QED) is 0.204. The fourth-order valence-corrected chi connectivity index (χ4v) is 1.08. The molecule has 0 fully saturated rings. The molecular weight excluding hydrogens is 332 g/mol. The van der Waals surface area contributed by atoms with E-state index in [1.807, 2.05) is 0 Å². The van der Waals surface area contributed by atoms with Crippen molar-refractivity contribution in [1.82, 2.24) is 0 Å². The Morgan fingerprint density at radius 3 is 1.21 bits per heavy atom. The molecule has 0 spiro atoms. The molecule has 0 aromatic carbocycles. The highest BCUT2D eigenvalue weighted by molar-refractivity contribution is 6.34. The first-order valence-electron chi connectivity index (χ1n) is 6.26. The minimum Gasteiger partial charge on any atom is -0.382 e. The standard InChI is InChI=1S/C12H16N2O10/c1-11(21,5(15)3-13)9(19)23-7(17)8(18)24-10(20)12(2,22)6(16)4-14/h21-22H,3-4,13-14H2,1-2H3. The Balaban J connectivity index is 4.95. The number of Topliss-reactive ketones (excluding diaryl/α,β-unsaturated/α-hetero) is 2. The smallest absolute Gasteiger partial charge is 0.382 e. The normalized spacial score (nSPS) is 15.4. The van der Waals surface area contributed by atoms with E-state index in [2.05, 4.69) is 9.47 Å². The molecule has 0 aliphatic heterocycles. The summed E-state index contributed by atoms with van der Waals surface area (Å²) in [6.07, 6.45) is 0. The fourth-order valence-electron chi connectivity index (χ4n) is 1.08. The first-order valence-corrected chi connectivity index (χ1v) is 6.26. The van der Waals surface area contributed by atoms with Gasteiger partial charge < -0.3 is 31.2 Å². The van der Waals surface area contributed by atoms with Gasteiger partial charge >= 0.3 is 23.9 Å². The average molecular weight is 348 g/mol. The zero-order chi connectivity index (χ0) is 19.3. The number of ketones is 2. The number of nitrogens with two attached hydrogens (primary N) is 2. The summed E-state index contributed by atoms with van der Waals surface area (Å²) < 4.78 is 7.76. The Morgan fingerprint density at radius 2 is 1.00 bits per heavy atom. The largest absolute Gasteiger partial charge is 0.425 e. The van der Waals surface area contributed by atoms with Crippen molar-refractivity contribution in [1.29, 1.82) is 0 Å². The SMILES string of the molecule is CC(O)(C(=O)CN)C(=O)OC(=O)C(=O)OC(=O)C(C)(O)C(=O)CN. The second-order valence-corrected chi connectivity index (χ2v) is 4.75. The third-order valence-corrected chi connectivity index (χ3v) is 2.79. The lowest BCUT2D eigenvalue weighted by molar-refractivity contribution is -0.188. The Bertz CT molecular complexity index is 541. The first-order chi connectivity index (χ1) is 10.8. The van der Waals surface area contributed by atoms with Crippen LogP contribution in [0.25, 0.3) is 0 Å². The Labute approximate surface area is 134 Å². The minimum absolute atomic E-state index is 0.666. The van der Waals surface area contributed by atoms with E-state index in [1.165, 1.54) is 0 Å². The molecule has 2 unspecified atom stereocenters. The van der Waals surface area contributed by atoms with E-state index >= 15 is 0 Å². The molecule has 0 amide bonds. The molecule has 12 heteroatoms. The molecule has 6 N–H and O–H groups in total. The first kappa shape index (κ1) is 21.5. The van der Waals surface area contributed by atoms with E-state index in [1.54, 1.807) is 0 Å². The minimum atomic E-state index is -2.81. The average Bonchev–Trinajstić information content (AvgIpc) is 2.52. The monoisotopic (exact) mass is 348 g/mol. The molecule has 12 nitrogen and oxygen atoms in total. The molecule has 0 aliphatic rings. The summed E-state index contributed by atoms with van der Waals surface area (Å²) in [6, 6.07) is 0. The number of hydrogen-bond donors (Lipinski definition) is 4. The molecule has 0 aliphatic carbocycles. The molecule has 0 saturated heterocycles. The maximum absolute atomic E-state index is 11.4. The topological polar surface area (TPSA) is 213 Å². The van der Waals surface area contributed by atoms with E-state index in [0.717, 1.165) is 0 Å². The highest BCUT2D eigenvalue weighted by Crippen LogP contribution is 2.10. The van der Waals surface area contributed by atoms with Crippen LogP contribution in [0.2, 0.25) is 0 Å². The molecule has 0 heterocycles. The lowest BCUT2D eigenvalue weighted by atomic mass is 10.0. The van der Waals surface area contributed by atoms with Crippen molar-refractivity contribution in [2.75, 3.05) is 13.1 Å². The van der Waals surface area contributed by atoms with Crippen LogP contribution < -0.4 is 11.5 Å². The second-order valence-electron chi connectivity index (χ2n) is 4.75. The van der Waals surface area contributed by atoms with Gasteiger partial charge in [-0.2, -0.15) is 0 Å². The summed E-state index contributed by atoms with van der Waals surface area (Å²) in [6.45, 7) is -0.190. The second kappa shape index (κ2) is 7.83. The van der Waals surface area contributed by atoms with Crippen LogP contribution in [0, 0.1) is 0 Å². The molecule has 0 bridgehead atoms. The maximum atomic E-state index is 11.4. The molecule has 0 radical (unpaired) electrons. The van der Waals surface area contributed by atoms with Gasteiger partial charge in [0.1, 0.15) is 0 Å². The maximum Gasteiger partial charge on any atom is 0.425 e. The predicted octanol–water partition coefficient (Wildman–Crippen LogP) is -4.32. The van der Waals surface area contributed by atoms with Gasteiger partial charge in [0.05, 0.1) is 13.1 Å². The van der Waals surface area contributed by atoms with Gasteiger partial charge in [-0.15, -0.1) is 0 Å². The number of ether oxygens (including phenoxy) is 2. The zero-order valence-corrected chi connectivity index (χ0v) is 12.7.